The van der Waals surface area contributed by atoms with Crippen molar-refractivity contribution in [2.24, 2.45) is 5.73 Å². The summed E-state index contributed by atoms with van der Waals surface area (Å²) in [5.74, 6) is -1.18. The van der Waals surface area contributed by atoms with Crippen LogP contribution in [0.2, 0.25) is 15.1 Å². The summed E-state index contributed by atoms with van der Waals surface area (Å²) in [5.41, 5.74) is 5.77. The molecule has 0 saturated carbocycles. The third-order valence-corrected chi connectivity index (χ3v) is 3.64. The largest absolute Gasteiger partial charge is 0.366 e. The number of nitrogens with one attached hydrogen (secondary N) is 1. The number of nitrogens with two attached hydrogens (primary N) is 1. The number of carbonyl (C=O) groups is 2. The first kappa shape index (κ1) is 15.6. The molecular formula is C14H9Cl3N2O2. The Kier molecular flexibility index (Phi) is 4.73. The van der Waals surface area contributed by atoms with E-state index < -0.39 is 11.8 Å². The standard InChI is InChI=1S/C14H9Cl3N2O2/c15-9-4-2-1-3-7(9)14(21)19-12-5-8(13(18)20)10(16)6-11(12)17/h1-6H,(H2,18,20)(H,19,21). The van der Waals surface area contributed by atoms with E-state index in [4.69, 9.17) is 40.5 Å². The Labute approximate surface area is 135 Å². The zero-order valence-corrected chi connectivity index (χ0v) is 12.8. The first-order valence-corrected chi connectivity index (χ1v) is 6.88. The van der Waals surface area contributed by atoms with E-state index in [0.29, 0.717) is 5.02 Å². The number of hydrogen-bond acceptors (Lipinski definition) is 2. The molecule has 0 spiro atoms. The summed E-state index contributed by atoms with van der Waals surface area (Å²) < 4.78 is 0. The van der Waals surface area contributed by atoms with Crippen molar-refractivity contribution in [3.05, 3.63) is 62.6 Å². The summed E-state index contributed by atoms with van der Waals surface area (Å²) in [7, 11) is 0. The van der Waals surface area contributed by atoms with Gasteiger partial charge in [-0.25, -0.2) is 0 Å². The fourth-order valence-electron chi connectivity index (χ4n) is 1.67. The molecule has 0 radical (unpaired) electrons. The minimum Gasteiger partial charge on any atom is -0.366 e. The molecule has 4 nitrogen and oxygen atoms in total. The lowest BCUT2D eigenvalue weighted by Gasteiger charge is -2.10. The lowest BCUT2D eigenvalue weighted by atomic mass is 10.1. The first-order valence-electron chi connectivity index (χ1n) is 5.75. The molecule has 0 unspecified atom stereocenters. The minimum absolute atomic E-state index is 0.0653. The second-order valence-corrected chi connectivity index (χ2v) is 5.33. The monoisotopic (exact) mass is 342 g/mol. The molecule has 7 heteroatoms. The zero-order chi connectivity index (χ0) is 15.6. The van der Waals surface area contributed by atoms with E-state index in [-0.39, 0.29) is 26.9 Å². The highest BCUT2D eigenvalue weighted by Gasteiger charge is 2.15. The lowest BCUT2D eigenvalue weighted by molar-refractivity contribution is 0.0996. The summed E-state index contributed by atoms with van der Waals surface area (Å²) in [4.78, 5) is 23.4. The molecule has 108 valence electrons. The number of benzene rings is 2. The summed E-state index contributed by atoms with van der Waals surface area (Å²) >= 11 is 17.8. The fourth-order valence-corrected chi connectivity index (χ4v) is 2.41. The summed E-state index contributed by atoms with van der Waals surface area (Å²) in [6.45, 7) is 0. The Morgan fingerprint density at radius 1 is 0.905 bits per heavy atom. The van der Waals surface area contributed by atoms with Crippen molar-refractivity contribution in [3.63, 3.8) is 0 Å². The number of primary amides is 1. The van der Waals surface area contributed by atoms with Crippen LogP contribution in [0.15, 0.2) is 36.4 Å². The molecule has 0 heterocycles. The maximum absolute atomic E-state index is 12.1. The van der Waals surface area contributed by atoms with Crippen molar-refractivity contribution in [2.45, 2.75) is 0 Å². The molecule has 0 aliphatic rings. The highest BCUT2D eigenvalue weighted by molar-refractivity contribution is 6.39. The van der Waals surface area contributed by atoms with Crippen LogP contribution in [-0.2, 0) is 0 Å². The van der Waals surface area contributed by atoms with Crippen LogP contribution >= 0.6 is 34.8 Å². The molecule has 0 aliphatic heterocycles. The van der Waals surface area contributed by atoms with Gasteiger partial charge in [0.2, 0.25) is 5.91 Å². The van der Waals surface area contributed by atoms with Crippen LogP contribution in [-0.4, -0.2) is 11.8 Å². The molecule has 2 amide bonds. The first-order chi connectivity index (χ1) is 9.90. The molecule has 2 rings (SSSR count). The fraction of sp³-hybridized carbons (Fsp3) is 0. The number of anilines is 1. The van der Waals surface area contributed by atoms with E-state index in [1.165, 1.54) is 12.1 Å². The minimum atomic E-state index is -0.718. The van der Waals surface area contributed by atoms with Crippen LogP contribution in [0.25, 0.3) is 0 Å². The van der Waals surface area contributed by atoms with Gasteiger partial charge in [-0.05, 0) is 24.3 Å². The number of hydrogen-bond donors (Lipinski definition) is 2. The van der Waals surface area contributed by atoms with E-state index in [2.05, 4.69) is 5.32 Å². The summed E-state index contributed by atoms with van der Waals surface area (Å²) in [5, 5.41) is 3.17. The van der Waals surface area contributed by atoms with Gasteiger partial charge in [0.25, 0.3) is 5.91 Å². The topological polar surface area (TPSA) is 72.2 Å². The Bertz CT molecular complexity index is 732. The smallest absolute Gasteiger partial charge is 0.257 e. The Morgan fingerprint density at radius 2 is 1.57 bits per heavy atom. The third-order valence-electron chi connectivity index (χ3n) is 2.69. The van der Waals surface area contributed by atoms with E-state index in [1.807, 2.05) is 0 Å². The number of carbonyl (C=O) groups excluding carboxylic acids is 2. The van der Waals surface area contributed by atoms with Crippen LogP contribution in [0.1, 0.15) is 20.7 Å². The molecule has 0 fully saturated rings. The van der Waals surface area contributed by atoms with Crippen molar-refractivity contribution in [3.8, 4) is 0 Å². The highest BCUT2D eigenvalue weighted by Crippen LogP contribution is 2.30. The van der Waals surface area contributed by atoms with E-state index in [1.54, 1.807) is 24.3 Å². The van der Waals surface area contributed by atoms with Crippen molar-refractivity contribution >= 4 is 52.3 Å². The van der Waals surface area contributed by atoms with E-state index in [0.717, 1.165) is 0 Å². The van der Waals surface area contributed by atoms with Gasteiger partial charge in [-0.2, -0.15) is 0 Å². The van der Waals surface area contributed by atoms with Crippen molar-refractivity contribution in [1.82, 2.24) is 0 Å². The van der Waals surface area contributed by atoms with E-state index in [9.17, 15) is 9.59 Å². The van der Waals surface area contributed by atoms with Gasteiger partial charge >= 0.3 is 0 Å². The number of halogens is 3. The molecule has 0 saturated heterocycles. The molecule has 21 heavy (non-hydrogen) atoms. The Hall–Kier alpha value is -1.75. The van der Waals surface area contributed by atoms with Crippen molar-refractivity contribution < 1.29 is 9.59 Å². The average molecular weight is 344 g/mol. The SMILES string of the molecule is NC(=O)c1cc(NC(=O)c2ccccc2Cl)c(Cl)cc1Cl. The Morgan fingerprint density at radius 3 is 2.19 bits per heavy atom. The second-order valence-electron chi connectivity index (χ2n) is 4.11. The van der Waals surface area contributed by atoms with Gasteiger partial charge in [-0.1, -0.05) is 46.9 Å². The molecule has 0 aliphatic carbocycles. The third kappa shape index (κ3) is 3.47. The lowest BCUT2D eigenvalue weighted by Crippen LogP contribution is -2.15. The van der Waals surface area contributed by atoms with Crippen molar-refractivity contribution in [1.29, 1.82) is 0 Å². The number of amides is 2. The molecule has 0 bridgehead atoms. The van der Waals surface area contributed by atoms with Crippen LogP contribution < -0.4 is 11.1 Å². The number of rotatable bonds is 3. The Balaban J connectivity index is 2.36. The van der Waals surface area contributed by atoms with Gasteiger partial charge in [-0.3, -0.25) is 9.59 Å². The zero-order valence-electron chi connectivity index (χ0n) is 10.5. The molecule has 2 aromatic carbocycles. The van der Waals surface area contributed by atoms with Crippen LogP contribution in [0.5, 0.6) is 0 Å². The van der Waals surface area contributed by atoms with Crippen LogP contribution in [0.3, 0.4) is 0 Å². The maximum atomic E-state index is 12.1. The second kappa shape index (κ2) is 6.35. The van der Waals surface area contributed by atoms with Gasteiger partial charge in [0.05, 0.1) is 31.9 Å². The van der Waals surface area contributed by atoms with Gasteiger partial charge < -0.3 is 11.1 Å². The quantitative estimate of drug-likeness (QED) is 0.884. The predicted octanol–water partition coefficient (Wildman–Crippen LogP) is 4.00. The molecule has 3 N–H and O–H groups in total. The normalized spacial score (nSPS) is 10.2. The molecule has 0 atom stereocenters. The summed E-state index contributed by atoms with van der Waals surface area (Å²) in [6.07, 6.45) is 0. The van der Waals surface area contributed by atoms with E-state index >= 15 is 0 Å². The molecule has 0 aromatic heterocycles. The van der Waals surface area contributed by atoms with Gasteiger partial charge in [-0.15, -0.1) is 0 Å². The van der Waals surface area contributed by atoms with Gasteiger partial charge in [0.15, 0.2) is 0 Å². The predicted molar refractivity (Wildman–Crippen MR) is 84.4 cm³/mol. The van der Waals surface area contributed by atoms with Crippen molar-refractivity contribution in [2.75, 3.05) is 5.32 Å². The maximum Gasteiger partial charge on any atom is 0.257 e. The molecule has 2 aromatic rings. The van der Waals surface area contributed by atoms with Gasteiger partial charge in [0.1, 0.15) is 0 Å². The van der Waals surface area contributed by atoms with Crippen LogP contribution in [0, 0.1) is 0 Å². The highest BCUT2D eigenvalue weighted by atomic mass is 35.5. The van der Waals surface area contributed by atoms with Gasteiger partial charge in [0, 0.05) is 0 Å². The van der Waals surface area contributed by atoms with Crippen LogP contribution in [0.4, 0.5) is 5.69 Å². The molecular weight excluding hydrogens is 335 g/mol. The summed E-state index contributed by atoms with van der Waals surface area (Å²) in [6, 6.07) is 9.21. The average Bonchev–Trinajstić information content (AvgIpc) is 2.41.